The van der Waals surface area contributed by atoms with E-state index in [1.165, 1.54) is 4.90 Å². The number of aliphatic hydroxyl groups is 1. The highest BCUT2D eigenvalue weighted by atomic mass is 79.9. The number of nitrogens with zero attached hydrogens (tertiary/aromatic N) is 4. The summed E-state index contributed by atoms with van der Waals surface area (Å²) in [6.45, 7) is 1.91. The Morgan fingerprint density at radius 2 is 2.14 bits per heavy atom. The molecule has 0 saturated carbocycles. The summed E-state index contributed by atoms with van der Waals surface area (Å²) >= 11 is 3.59. The van der Waals surface area contributed by atoms with Crippen LogP contribution in [0.15, 0.2) is 46.4 Å². The lowest BCUT2D eigenvalue weighted by molar-refractivity contribution is -0.160. The smallest absolute Gasteiger partial charge is 0.419 e. The van der Waals surface area contributed by atoms with Crippen molar-refractivity contribution in [1.29, 1.82) is 0 Å². The van der Waals surface area contributed by atoms with Crippen molar-refractivity contribution in [3.8, 4) is 0 Å². The van der Waals surface area contributed by atoms with Gasteiger partial charge in [-0.15, -0.1) is 0 Å². The van der Waals surface area contributed by atoms with E-state index in [9.17, 15) is 14.7 Å². The first kappa shape index (κ1) is 25.7. The molecule has 1 aromatic carbocycles. The van der Waals surface area contributed by atoms with E-state index in [4.69, 9.17) is 9.47 Å². The number of ether oxygens (including phenoxy) is 2. The van der Waals surface area contributed by atoms with E-state index in [0.29, 0.717) is 31.9 Å². The van der Waals surface area contributed by atoms with Crippen LogP contribution >= 0.6 is 15.9 Å². The Labute approximate surface area is 216 Å². The van der Waals surface area contributed by atoms with Gasteiger partial charge in [-0.25, -0.2) is 14.7 Å². The maximum absolute atomic E-state index is 12.7. The molecular weight excluding hydrogens is 532 g/mol. The van der Waals surface area contributed by atoms with Crippen LogP contribution in [-0.2, 0) is 27.7 Å². The number of anilines is 1. The van der Waals surface area contributed by atoms with E-state index >= 15 is 0 Å². The van der Waals surface area contributed by atoms with Gasteiger partial charge in [-0.1, -0.05) is 6.92 Å². The number of aryl methyl sites for hydroxylation is 1. The number of imidazole rings is 1. The first-order chi connectivity index (χ1) is 17.4. The summed E-state index contributed by atoms with van der Waals surface area (Å²) in [6.07, 6.45) is 5.51. The maximum Gasteiger partial charge on any atom is 0.419 e. The van der Waals surface area contributed by atoms with Gasteiger partial charge in [-0.2, -0.15) is 0 Å². The highest BCUT2D eigenvalue weighted by molar-refractivity contribution is 9.10. The zero-order valence-electron chi connectivity index (χ0n) is 20.1. The van der Waals surface area contributed by atoms with Crippen molar-refractivity contribution >= 4 is 50.5 Å². The number of aromatic nitrogens is 3. The van der Waals surface area contributed by atoms with Crippen molar-refractivity contribution in [1.82, 2.24) is 19.4 Å². The Morgan fingerprint density at radius 3 is 2.86 bits per heavy atom. The van der Waals surface area contributed by atoms with E-state index in [1.54, 1.807) is 12.5 Å². The van der Waals surface area contributed by atoms with Crippen LogP contribution in [0.25, 0.3) is 10.9 Å². The van der Waals surface area contributed by atoms with Crippen LogP contribution in [0.1, 0.15) is 19.0 Å². The van der Waals surface area contributed by atoms with Crippen LogP contribution in [0, 0.1) is 11.8 Å². The van der Waals surface area contributed by atoms with E-state index in [1.807, 2.05) is 42.9 Å². The van der Waals surface area contributed by atoms with E-state index in [2.05, 4.69) is 36.2 Å². The molecule has 1 aliphatic rings. The lowest BCUT2D eigenvalue weighted by atomic mass is 9.87. The predicted octanol–water partition coefficient (Wildman–Crippen LogP) is 3.26. The Morgan fingerprint density at radius 1 is 1.31 bits per heavy atom. The topological polar surface area (TPSA) is 134 Å². The average molecular weight is 561 g/mol. The predicted molar refractivity (Wildman–Crippen MR) is 137 cm³/mol. The van der Waals surface area contributed by atoms with Gasteiger partial charge in [0.25, 0.3) is 0 Å². The van der Waals surface area contributed by atoms with Gasteiger partial charge in [-0.05, 0) is 47.0 Å². The quantitative estimate of drug-likeness (QED) is 0.270. The molecule has 3 aromatic rings. The van der Waals surface area contributed by atoms with Crippen molar-refractivity contribution in [2.75, 3.05) is 31.8 Å². The number of aromatic amines is 1. The first-order valence-corrected chi connectivity index (χ1v) is 12.5. The molecule has 36 heavy (non-hydrogen) atoms. The molecule has 192 valence electrons. The number of hydrogen-bond acceptors (Lipinski definition) is 8. The number of esters is 1. The van der Waals surface area contributed by atoms with Gasteiger partial charge < -0.3 is 29.4 Å². The minimum atomic E-state index is -0.674. The number of nitrogens with one attached hydrogen (secondary N) is 2. The van der Waals surface area contributed by atoms with Crippen LogP contribution in [-0.4, -0.2) is 69.1 Å². The zero-order chi connectivity index (χ0) is 25.7. The molecule has 11 nitrogen and oxygen atoms in total. The van der Waals surface area contributed by atoms with Crippen molar-refractivity contribution in [2.45, 2.75) is 19.8 Å². The number of rotatable bonds is 9. The summed E-state index contributed by atoms with van der Waals surface area (Å²) in [4.78, 5) is 38.3. The van der Waals surface area contributed by atoms with Gasteiger partial charge in [-0.3, -0.25) is 9.79 Å². The number of fused-ring (bicyclic) bond motifs is 1. The molecule has 3 N–H and O–H groups in total. The minimum absolute atomic E-state index is 0.179. The van der Waals surface area contributed by atoms with Gasteiger partial charge >= 0.3 is 12.1 Å². The van der Waals surface area contributed by atoms with Crippen LogP contribution in [0.2, 0.25) is 0 Å². The number of halogens is 1. The fraction of sp³-hybridized carbons (Fsp3) is 0.417. The Balaban J connectivity index is 1.31. The van der Waals surface area contributed by atoms with Crippen molar-refractivity contribution in [3.05, 3.63) is 47.1 Å². The third kappa shape index (κ3) is 5.54. The molecule has 0 aliphatic carbocycles. The van der Waals surface area contributed by atoms with Gasteiger partial charge in [0.05, 0.1) is 35.5 Å². The largest absolute Gasteiger partial charge is 0.428 e. The van der Waals surface area contributed by atoms with Crippen LogP contribution in [0.4, 0.5) is 10.5 Å². The number of benzene rings is 1. The van der Waals surface area contributed by atoms with E-state index in [0.717, 1.165) is 26.8 Å². The van der Waals surface area contributed by atoms with Gasteiger partial charge in [0, 0.05) is 48.6 Å². The Hall–Kier alpha value is -3.38. The Kier molecular flexibility index (Phi) is 8.26. The number of aliphatic hydroxyl groups excluding tert-OH is 1. The summed E-state index contributed by atoms with van der Waals surface area (Å²) in [5.41, 5.74) is 2.64. The average Bonchev–Trinajstić information content (AvgIpc) is 3.62. The van der Waals surface area contributed by atoms with Crippen LogP contribution < -0.4 is 5.32 Å². The molecule has 0 bridgehead atoms. The fourth-order valence-corrected chi connectivity index (χ4v) is 4.82. The number of aliphatic imine (C=N–C) groups is 1. The van der Waals surface area contributed by atoms with Gasteiger partial charge in [0.1, 0.15) is 0 Å². The lowest BCUT2D eigenvalue weighted by Gasteiger charge is -2.23. The normalized spacial score (nSPS) is 15.0. The van der Waals surface area contributed by atoms with E-state index in [-0.39, 0.29) is 12.5 Å². The molecule has 0 radical (unpaired) electrons. The van der Waals surface area contributed by atoms with Gasteiger partial charge in [0.15, 0.2) is 0 Å². The molecule has 2 unspecified atom stereocenters. The van der Waals surface area contributed by atoms with Crippen LogP contribution in [0.5, 0.6) is 0 Å². The van der Waals surface area contributed by atoms with Crippen molar-refractivity contribution < 1.29 is 24.2 Å². The highest BCUT2D eigenvalue weighted by Crippen LogP contribution is 2.31. The Bertz CT molecular complexity index is 1250. The molecule has 3 heterocycles. The first-order valence-electron chi connectivity index (χ1n) is 11.7. The number of carbonyl (C=O) groups is 2. The minimum Gasteiger partial charge on any atom is -0.428 e. The monoisotopic (exact) mass is 560 g/mol. The lowest BCUT2D eigenvalue weighted by Crippen LogP contribution is -2.39. The number of H-pyrrole nitrogens is 1. The summed E-state index contributed by atoms with van der Waals surface area (Å²) in [7, 11) is 1.86. The van der Waals surface area contributed by atoms with Crippen molar-refractivity contribution in [3.63, 3.8) is 0 Å². The number of carbonyl (C=O) groups excluding carboxylic acids is 2. The zero-order valence-corrected chi connectivity index (χ0v) is 21.7. The molecule has 12 heteroatoms. The summed E-state index contributed by atoms with van der Waals surface area (Å²) in [5, 5.41) is 14.0. The second-order valence-corrected chi connectivity index (χ2v) is 9.29. The van der Waals surface area contributed by atoms with Crippen LogP contribution in [0.3, 0.4) is 0 Å². The summed E-state index contributed by atoms with van der Waals surface area (Å²) in [6, 6.07) is 5.75. The number of hydrogen-bond donors (Lipinski definition) is 3. The maximum atomic E-state index is 12.7. The molecule has 0 saturated heterocycles. The molecule has 1 aliphatic heterocycles. The summed E-state index contributed by atoms with van der Waals surface area (Å²) < 4.78 is 13.2. The molecule has 0 fully saturated rings. The summed E-state index contributed by atoms with van der Waals surface area (Å²) in [5.74, 6) is -1.06. The molecule has 2 atom stereocenters. The molecule has 1 amide bonds. The fourth-order valence-electron chi connectivity index (χ4n) is 4.24. The highest BCUT2D eigenvalue weighted by Gasteiger charge is 2.30. The SMILES string of the molecule is CCC(C(=O)OCOC(=O)N1CCN=C1Nc1ccc2[nH]ccc2c1Br)C(CO)Cc1cncn1C. The second-order valence-electron chi connectivity index (χ2n) is 8.50. The molecule has 4 rings (SSSR count). The standard InChI is InChI=1S/C24H29BrN6O5/c1-3-17(15(12-32)10-16-11-26-13-30(16)2)22(33)35-14-36-24(34)31-9-8-28-23(31)29-20-5-4-19-18(21(20)25)6-7-27-19/h4-7,11,13,15,17,27,32H,3,8-10,12,14H2,1-2H3,(H,28,29). The third-order valence-electron chi connectivity index (χ3n) is 6.29. The second kappa shape index (κ2) is 11.6. The van der Waals surface area contributed by atoms with E-state index < -0.39 is 24.8 Å². The third-order valence-corrected chi connectivity index (χ3v) is 7.15. The molecular formula is C24H29BrN6O5. The molecule has 2 aromatic heterocycles. The number of guanidine groups is 1. The molecule has 0 spiro atoms. The van der Waals surface area contributed by atoms with Gasteiger partial charge in [0.2, 0.25) is 12.8 Å². The number of amides is 1. The van der Waals surface area contributed by atoms with Crippen molar-refractivity contribution in [2.24, 2.45) is 23.9 Å².